The number of carbonyl (C=O) groups excluding carboxylic acids is 3. The van der Waals surface area contributed by atoms with Gasteiger partial charge in [0.15, 0.2) is 6.10 Å². The average molecular weight is 841 g/mol. The van der Waals surface area contributed by atoms with Crippen LogP contribution in [0.5, 0.6) is 0 Å². The highest BCUT2D eigenvalue weighted by Crippen LogP contribution is 2.14. The first kappa shape index (κ1) is 57.4. The number of hydrogen-bond donors (Lipinski definition) is 0. The predicted octanol–water partition coefficient (Wildman–Crippen LogP) is 16.7. The van der Waals surface area contributed by atoms with Crippen LogP contribution in [0.2, 0.25) is 0 Å². The summed E-state index contributed by atoms with van der Waals surface area (Å²) in [6, 6.07) is 0. The Kier molecular flexibility index (Phi) is 46.9. The van der Waals surface area contributed by atoms with Crippen LogP contribution in [0.4, 0.5) is 0 Å². The molecule has 0 aliphatic heterocycles. The molecule has 6 heteroatoms. The number of unbranched alkanes of at least 4 members (excludes halogenated alkanes) is 27. The van der Waals surface area contributed by atoms with Crippen molar-refractivity contribution in [1.29, 1.82) is 0 Å². The first-order valence-electron chi connectivity index (χ1n) is 25.6. The molecule has 0 aliphatic carbocycles. The molecule has 0 aromatic carbocycles. The smallest absolute Gasteiger partial charge is 0.306 e. The lowest BCUT2D eigenvalue weighted by Gasteiger charge is -2.18. The molecule has 0 aromatic rings. The zero-order valence-corrected chi connectivity index (χ0v) is 39.7. The third-order valence-corrected chi connectivity index (χ3v) is 11.0. The Bertz CT molecular complexity index is 1060. The summed E-state index contributed by atoms with van der Waals surface area (Å²) in [7, 11) is 0. The molecule has 0 heterocycles. The van der Waals surface area contributed by atoms with Crippen molar-refractivity contribution in [3.05, 3.63) is 48.6 Å². The maximum Gasteiger partial charge on any atom is 0.306 e. The van der Waals surface area contributed by atoms with Crippen LogP contribution in [0.15, 0.2) is 48.6 Å². The van der Waals surface area contributed by atoms with Gasteiger partial charge in [-0.25, -0.2) is 0 Å². The van der Waals surface area contributed by atoms with Crippen molar-refractivity contribution in [3.63, 3.8) is 0 Å². The molecule has 6 nitrogen and oxygen atoms in total. The van der Waals surface area contributed by atoms with Gasteiger partial charge in [-0.15, -0.1) is 0 Å². The lowest BCUT2D eigenvalue weighted by atomic mass is 10.1. The van der Waals surface area contributed by atoms with E-state index in [1.807, 2.05) is 0 Å². The molecule has 0 fully saturated rings. The van der Waals surface area contributed by atoms with Crippen LogP contribution in [-0.2, 0) is 28.6 Å². The highest BCUT2D eigenvalue weighted by Gasteiger charge is 2.19. The molecular formula is C54H96O6. The standard InChI is InChI=1S/C54H96O6/c1-4-7-10-13-16-19-22-25-28-31-34-37-40-43-46-52(55)58-49-51(60-54(57)48-45-42-39-36-33-30-27-24-21-18-15-12-9-6-3)50-59-53(56)47-44-41-38-35-32-29-26-23-20-17-14-11-8-5-2/h13,16,22-27,51H,4-12,14-15,17-21,28-50H2,1-3H3/b16-13+,25-22+,26-23+,27-24+/t51-/m0/s1. The third kappa shape index (κ3) is 46.4. The minimum Gasteiger partial charge on any atom is -0.462 e. The van der Waals surface area contributed by atoms with Gasteiger partial charge < -0.3 is 14.2 Å². The molecule has 348 valence electrons. The van der Waals surface area contributed by atoms with Gasteiger partial charge in [0.05, 0.1) is 0 Å². The lowest BCUT2D eigenvalue weighted by Crippen LogP contribution is -2.30. The molecule has 0 spiro atoms. The number of rotatable bonds is 46. The Balaban J connectivity index is 4.42. The summed E-state index contributed by atoms with van der Waals surface area (Å²) in [6.07, 6.45) is 58.0. The molecule has 60 heavy (non-hydrogen) atoms. The molecule has 0 aliphatic rings. The topological polar surface area (TPSA) is 78.9 Å². The Hall–Kier alpha value is -2.63. The predicted molar refractivity (Wildman–Crippen MR) is 256 cm³/mol. The number of hydrogen-bond acceptors (Lipinski definition) is 6. The SMILES string of the molecule is CCCC/C=C/C/C=C/CCCCCCCC(=O)OC[C@@H](COC(=O)CCCCCCC/C=C/CCCCCCC)OC(=O)CCCCCCC/C=C/CCCCCCC. The van der Waals surface area contributed by atoms with Gasteiger partial charge in [0, 0.05) is 19.3 Å². The Labute approximate surface area is 371 Å². The molecule has 0 rings (SSSR count). The van der Waals surface area contributed by atoms with Crippen molar-refractivity contribution in [2.24, 2.45) is 0 Å². The highest BCUT2D eigenvalue weighted by molar-refractivity contribution is 5.71. The van der Waals surface area contributed by atoms with Gasteiger partial charge in [-0.3, -0.25) is 14.4 Å². The fourth-order valence-corrected chi connectivity index (χ4v) is 7.09. The van der Waals surface area contributed by atoms with E-state index in [2.05, 4.69) is 69.4 Å². The van der Waals surface area contributed by atoms with Crippen LogP contribution in [0.3, 0.4) is 0 Å². The van der Waals surface area contributed by atoms with E-state index in [1.54, 1.807) is 0 Å². The van der Waals surface area contributed by atoms with E-state index in [0.29, 0.717) is 19.3 Å². The molecule has 0 unspecified atom stereocenters. The van der Waals surface area contributed by atoms with E-state index in [9.17, 15) is 14.4 Å². The quantitative estimate of drug-likeness (QED) is 0.0263. The lowest BCUT2D eigenvalue weighted by molar-refractivity contribution is -0.167. The Morgan fingerprint density at radius 3 is 0.983 bits per heavy atom. The van der Waals surface area contributed by atoms with Crippen molar-refractivity contribution < 1.29 is 28.6 Å². The van der Waals surface area contributed by atoms with Crippen molar-refractivity contribution in [2.45, 2.75) is 264 Å². The number of allylic oxidation sites excluding steroid dienone is 8. The summed E-state index contributed by atoms with van der Waals surface area (Å²) < 4.78 is 16.8. The number of esters is 3. The molecule has 0 saturated heterocycles. The van der Waals surface area contributed by atoms with Gasteiger partial charge in [-0.1, -0.05) is 191 Å². The summed E-state index contributed by atoms with van der Waals surface area (Å²) in [6.45, 7) is 6.56. The Morgan fingerprint density at radius 1 is 0.333 bits per heavy atom. The first-order chi connectivity index (χ1) is 29.5. The molecule has 1 atom stereocenters. The van der Waals surface area contributed by atoms with Crippen molar-refractivity contribution in [1.82, 2.24) is 0 Å². The minimum atomic E-state index is -0.784. The number of ether oxygens (including phenoxy) is 3. The molecule has 0 bridgehead atoms. The van der Waals surface area contributed by atoms with Crippen LogP contribution in [0, 0.1) is 0 Å². The number of carbonyl (C=O) groups is 3. The van der Waals surface area contributed by atoms with Gasteiger partial charge in [0.1, 0.15) is 13.2 Å². The monoisotopic (exact) mass is 841 g/mol. The second kappa shape index (κ2) is 49.0. The van der Waals surface area contributed by atoms with E-state index in [4.69, 9.17) is 14.2 Å². The van der Waals surface area contributed by atoms with Crippen molar-refractivity contribution >= 4 is 17.9 Å². The second-order valence-electron chi connectivity index (χ2n) is 17.1. The molecule has 0 radical (unpaired) electrons. The second-order valence-corrected chi connectivity index (χ2v) is 17.1. The van der Waals surface area contributed by atoms with E-state index in [-0.39, 0.29) is 31.1 Å². The van der Waals surface area contributed by atoms with Crippen molar-refractivity contribution in [3.8, 4) is 0 Å². The average Bonchev–Trinajstić information content (AvgIpc) is 3.24. The van der Waals surface area contributed by atoms with Crippen LogP contribution >= 0.6 is 0 Å². The van der Waals surface area contributed by atoms with Crippen LogP contribution in [0.1, 0.15) is 258 Å². The van der Waals surface area contributed by atoms with Crippen molar-refractivity contribution in [2.75, 3.05) is 13.2 Å². The Morgan fingerprint density at radius 2 is 0.617 bits per heavy atom. The zero-order valence-electron chi connectivity index (χ0n) is 39.7. The van der Waals surface area contributed by atoms with E-state index >= 15 is 0 Å². The maximum absolute atomic E-state index is 12.8. The largest absolute Gasteiger partial charge is 0.462 e. The molecule has 0 saturated carbocycles. The van der Waals surface area contributed by atoms with E-state index in [0.717, 1.165) is 96.3 Å². The molecular weight excluding hydrogens is 745 g/mol. The van der Waals surface area contributed by atoms with Gasteiger partial charge in [0.25, 0.3) is 0 Å². The van der Waals surface area contributed by atoms with Crippen LogP contribution in [0.25, 0.3) is 0 Å². The maximum atomic E-state index is 12.8. The summed E-state index contributed by atoms with van der Waals surface area (Å²) in [5.41, 5.74) is 0. The first-order valence-corrected chi connectivity index (χ1v) is 25.6. The van der Waals surface area contributed by atoms with Gasteiger partial charge >= 0.3 is 17.9 Å². The summed E-state index contributed by atoms with van der Waals surface area (Å²) >= 11 is 0. The molecule has 0 N–H and O–H groups in total. The fraction of sp³-hybridized carbons (Fsp3) is 0.796. The fourth-order valence-electron chi connectivity index (χ4n) is 7.09. The van der Waals surface area contributed by atoms with E-state index < -0.39 is 6.10 Å². The summed E-state index contributed by atoms with van der Waals surface area (Å²) in [5.74, 6) is -0.910. The summed E-state index contributed by atoms with van der Waals surface area (Å²) in [5, 5.41) is 0. The highest BCUT2D eigenvalue weighted by atomic mass is 16.6. The van der Waals surface area contributed by atoms with Crippen LogP contribution < -0.4 is 0 Å². The van der Waals surface area contributed by atoms with Crippen LogP contribution in [-0.4, -0.2) is 37.2 Å². The van der Waals surface area contributed by atoms with Gasteiger partial charge in [-0.2, -0.15) is 0 Å². The minimum absolute atomic E-state index is 0.0847. The van der Waals surface area contributed by atoms with Gasteiger partial charge in [-0.05, 0) is 96.3 Å². The zero-order chi connectivity index (χ0) is 43.7. The normalized spacial score (nSPS) is 12.4. The van der Waals surface area contributed by atoms with E-state index in [1.165, 1.54) is 122 Å². The molecule has 0 aromatic heterocycles. The molecule has 0 amide bonds. The van der Waals surface area contributed by atoms with Gasteiger partial charge in [0.2, 0.25) is 0 Å². The third-order valence-electron chi connectivity index (χ3n) is 11.0. The summed E-state index contributed by atoms with van der Waals surface area (Å²) in [4.78, 5) is 37.9.